The minimum absolute atomic E-state index is 0.117. The van der Waals surface area contributed by atoms with Gasteiger partial charge in [0.1, 0.15) is 0 Å². The van der Waals surface area contributed by atoms with Crippen LogP contribution in [0.15, 0.2) is 58.3 Å². The molecule has 0 amide bonds. The monoisotopic (exact) mass is 442 g/mol. The Morgan fingerprint density at radius 2 is 0.840 bits per heavy atom. The smallest absolute Gasteiger partial charge is 0.228 e. The van der Waals surface area contributed by atoms with Gasteiger partial charge in [-0.3, -0.25) is 0 Å². The first kappa shape index (κ1) is 20.2. The number of hydrogen-bond acceptors (Lipinski definition) is 6. The van der Waals surface area contributed by atoms with Crippen molar-refractivity contribution in [2.24, 2.45) is 0 Å². The molecule has 0 aliphatic carbocycles. The molecule has 0 radical (unpaired) electrons. The minimum atomic E-state index is -3.87. The Balaban J connectivity index is 2.14. The average molecular weight is 443 g/mol. The lowest BCUT2D eigenvalue weighted by atomic mass is 10.2. The third kappa shape index (κ3) is 5.96. The van der Waals surface area contributed by atoms with Gasteiger partial charge in [-0.25, -0.2) is 25.3 Å². The molecule has 0 aromatic heterocycles. The Bertz CT molecular complexity index is 989. The highest BCUT2D eigenvalue weighted by Crippen LogP contribution is 2.19. The van der Waals surface area contributed by atoms with Crippen molar-refractivity contribution < 1.29 is 25.3 Å². The van der Waals surface area contributed by atoms with Crippen LogP contribution in [0.3, 0.4) is 0 Å². The van der Waals surface area contributed by atoms with Crippen LogP contribution in [0, 0.1) is 0 Å². The van der Waals surface area contributed by atoms with Gasteiger partial charge in [0.15, 0.2) is 9.84 Å². The topological polar surface area (TPSA) is 102 Å². The fourth-order valence-corrected chi connectivity index (χ4v) is 5.10. The van der Waals surface area contributed by atoms with E-state index in [1.807, 2.05) is 0 Å². The first-order valence-corrected chi connectivity index (χ1v) is 13.1. The van der Waals surface area contributed by atoms with Crippen molar-refractivity contribution in [1.29, 1.82) is 0 Å². The van der Waals surface area contributed by atoms with Crippen molar-refractivity contribution in [2.45, 2.75) is 21.3 Å². The summed E-state index contributed by atoms with van der Waals surface area (Å²) in [6.45, 7) is 0. The van der Waals surface area contributed by atoms with Gasteiger partial charge >= 0.3 is 0 Å². The lowest BCUT2D eigenvalue weighted by molar-refractivity contribution is 0.594. The maximum absolute atomic E-state index is 12.2. The van der Waals surface area contributed by atoms with Crippen LogP contribution in [0.4, 0.5) is 0 Å². The standard InChI is InChI=1S/C14H12Cl2O6S3/c15-24(19,20)13-5-1-11(2-6-13)9-23(17,18)10-12-3-7-14(8-4-12)25(16,21)22/h1-8H,9-10H2. The van der Waals surface area contributed by atoms with Gasteiger partial charge in [0.2, 0.25) is 0 Å². The summed E-state index contributed by atoms with van der Waals surface area (Å²) in [5, 5.41) is 0. The van der Waals surface area contributed by atoms with Gasteiger partial charge in [0, 0.05) is 21.4 Å². The molecule has 0 aliphatic heterocycles. The highest BCUT2D eigenvalue weighted by Gasteiger charge is 2.16. The van der Waals surface area contributed by atoms with E-state index in [1.54, 1.807) is 0 Å². The first-order valence-electron chi connectivity index (χ1n) is 6.64. The van der Waals surface area contributed by atoms with E-state index in [-0.39, 0.29) is 21.3 Å². The van der Waals surface area contributed by atoms with E-state index in [9.17, 15) is 25.3 Å². The molecule has 0 aliphatic rings. The fraction of sp³-hybridized carbons (Fsp3) is 0.143. The molecule has 0 atom stereocenters. The van der Waals surface area contributed by atoms with E-state index in [4.69, 9.17) is 21.4 Å². The van der Waals surface area contributed by atoms with Crippen LogP contribution in [-0.4, -0.2) is 25.3 Å². The molecule has 0 fully saturated rings. The van der Waals surface area contributed by atoms with E-state index >= 15 is 0 Å². The van der Waals surface area contributed by atoms with E-state index in [0.29, 0.717) is 11.1 Å². The van der Waals surface area contributed by atoms with Crippen molar-refractivity contribution in [3.05, 3.63) is 59.7 Å². The Hall–Kier alpha value is -1.13. The predicted molar refractivity (Wildman–Crippen MR) is 95.3 cm³/mol. The normalized spacial score (nSPS) is 12.9. The van der Waals surface area contributed by atoms with Gasteiger partial charge in [0.25, 0.3) is 18.1 Å². The first-order chi connectivity index (χ1) is 11.4. The maximum atomic E-state index is 12.2. The second kappa shape index (κ2) is 7.24. The zero-order valence-corrected chi connectivity index (χ0v) is 16.4. The molecule has 136 valence electrons. The predicted octanol–water partition coefficient (Wildman–Crippen LogP) is 2.66. The van der Waals surface area contributed by atoms with Gasteiger partial charge in [-0.2, -0.15) is 0 Å². The van der Waals surface area contributed by atoms with Crippen LogP contribution in [0.2, 0.25) is 0 Å². The molecule has 25 heavy (non-hydrogen) atoms. The maximum Gasteiger partial charge on any atom is 0.261 e. The number of benzene rings is 2. The van der Waals surface area contributed by atoms with Gasteiger partial charge in [-0.15, -0.1) is 0 Å². The van der Waals surface area contributed by atoms with Gasteiger partial charge in [0.05, 0.1) is 21.3 Å². The molecule has 2 rings (SSSR count). The number of rotatable bonds is 6. The van der Waals surface area contributed by atoms with E-state index in [1.165, 1.54) is 48.5 Å². The molecule has 0 heterocycles. The summed E-state index contributed by atoms with van der Waals surface area (Å²) in [6.07, 6.45) is 0. The quantitative estimate of drug-likeness (QED) is 0.636. The van der Waals surface area contributed by atoms with Gasteiger partial charge in [-0.1, -0.05) is 24.3 Å². The lowest BCUT2D eigenvalue weighted by Gasteiger charge is -2.06. The highest BCUT2D eigenvalue weighted by atomic mass is 35.7. The van der Waals surface area contributed by atoms with E-state index in [2.05, 4.69) is 0 Å². The minimum Gasteiger partial charge on any atom is -0.228 e. The zero-order valence-electron chi connectivity index (χ0n) is 12.5. The lowest BCUT2D eigenvalue weighted by Crippen LogP contribution is -2.08. The third-order valence-electron chi connectivity index (χ3n) is 3.18. The molecule has 2 aromatic carbocycles. The summed E-state index contributed by atoms with van der Waals surface area (Å²) in [7, 11) is -0.884. The fourth-order valence-electron chi connectivity index (χ4n) is 2.06. The molecule has 0 saturated carbocycles. The molecule has 0 saturated heterocycles. The van der Waals surface area contributed by atoms with E-state index < -0.39 is 27.9 Å². The molecular formula is C14H12Cl2O6S3. The van der Waals surface area contributed by atoms with Crippen LogP contribution in [-0.2, 0) is 39.4 Å². The van der Waals surface area contributed by atoms with Crippen molar-refractivity contribution in [3.8, 4) is 0 Å². The van der Waals surface area contributed by atoms with Gasteiger partial charge in [-0.05, 0) is 35.4 Å². The number of halogens is 2. The van der Waals surface area contributed by atoms with Crippen molar-refractivity contribution in [1.82, 2.24) is 0 Å². The summed E-state index contributed by atoms with van der Waals surface area (Å²) < 4.78 is 69.1. The summed E-state index contributed by atoms with van der Waals surface area (Å²) in [6, 6.07) is 10.4. The Labute approximate surface area is 155 Å². The summed E-state index contributed by atoms with van der Waals surface area (Å²) >= 11 is 0. The van der Waals surface area contributed by atoms with Crippen LogP contribution >= 0.6 is 21.4 Å². The third-order valence-corrected chi connectivity index (χ3v) is 7.47. The molecule has 6 nitrogen and oxygen atoms in total. The molecule has 0 bridgehead atoms. The molecule has 0 spiro atoms. The molecule has 2 aromatic rings. The summed E-state index contributed by atoms with van der Waals surface area (Å²) in [5.41, 5.74) is 0.813. The molecule has 0 unspecified atom stereocenters. The molecule has 0 N–H and O–H groups in total. The highest BCUT2D eigenvalue weighted by molar-refractivity contribution is 8.14. The van der Waals surface area contributed by atoms with Crippen molar-refractivity contribution >= 4 is 49.3 Å². The Morgan fingerprint density at radius 3 is 1.08 bits per heavy atom. The Morgan fingerprint density at radius 1 is 0.560 bits per heavy atom. The summed E-state index contributed by atoms with van der Waals surface area (Å²) in [4.78, 5) is -0.235. The second-order valence-electron chi connectivity index (χ2n) is 5.20. The molecular weight excluding hydrogens is 431 g/mol. The SMILES string of the molecule is O=S(=O)(Cc1ccc(S(=O)(=O)Cl)cc1)Cc1ccc(S(=O)(=O)Cl)cc1. The van der Waals surface area contributed by atoms with Crippen molar-refractivity contribution in [3.63, 3.8) is 0 Å². The van der Waals surface area contributed by atoms with Crippen LogP contribution < -0.4 is 0 Å². The number of hydrogen-bond donors (Lipinski definition) is 0. The zero-order chi connectivity index (χ0) is 18.9. The summed E-state index contributed by atoms with van der Waals surface area (Å²) in [5.74, 6) is -0.601. The Kier molecular flexibility index (Phi) is 5.85. The van der Waals surface area contributed by atoms with Crippen molar-refractivity contribution in [2.75, 3.05) is 0 Å². The molecule has 11 heteroatoms. The second-order valence-corrected chi connectivity index (χ2v) is 12.4. The van der Waals surface area contributed by atoms with Crippen LogP contribution in [0.1, 0.15) is 11.1 Å². The van der Waals surface area contributed by atoms with Crippen LogP contribution in [0.25, 0.3) is 0 Å². The number of sulfone groups is 1. The largest absolute Gasteiger partial charge is 0.261 e. The van der Waals surface area contributed by atoms with Crippen LogP contribution in [0.5, 0.6) is 0 Å². The average Bonchev–Trinajstić information content (AvgIpc) is 2.45. The van der Waals surface area contributed by atoms with Gasteiger partial charge < -0.3 is 0 Å². The van der Waals surface area contributed by atoms with E-state index in [0.717, 1.165) is 0 Å².